The van der Waals surface area contributed by atoms with Crippen LogP contribution in [-0.2, 0) is 12.8 Å². The van der Waals surface area contributed by atoms with E-state index < -0.39 is 0 Å². The van der Waals surface area contributed by atoms with Crippen LogP contribution in [0.25, 0.3) is 11.1 Å². The van der Waals surface area contributed by atoms with Crippen molar-refractivity contribution in [1.29, 1.82) is 0 Å². The Bertz CT molecular complexity index is 1060. The molecule has 2 aliphatic rings. The van der Waals surface area contributed by atoms with E-state index in [0.717, 1.165) is 6.42 Å². The van der Waals surface area contributed by atoms with Crippen LogP contribution in [0.5, 0.6) is 0 Å². The summed E-state index contributed by atoms with van der Waals surface area (Å²) in [6.07, 6.45) is 28.0. The first-order valence-electron chi connectivity index (χ1n) is 12.9. The van der Waals surface area contributed by atoms with Gasteiger partial charge in [0.05, 0.1) is 0 Å². The Balaban J connectivity index is 1.54. The molecule has 4 rings (SSSR count). The number of fused-ring (bicyclic) bond motifs is 2. The Morgan fingerprint density at radius 1 is 0.697 bits per heavy atom. The topological polar surface area (TPSA) is 0 Å². The van der Waals surface area contributed by atoms with Crippen LogP contribution in [0.15, 0.2) is 70.5 Å². The summed E-state index contributed by atoms with van der Waals surface area (Å²) in [4.78, 5) is 2.96. The zero-order valence-corrected chi connectivity index (χ0v) is 22.0. The molecule has 2 aliphatic carbocycles. The third-order valence-electron chi connectivity index (χ3n) is 6.78. The molecule has 2 bridgehead atoms. The lowest BCUT2D eigenvalue weighted by Crippen LogP contribution is -1.94. The van der Waals surface area contributed by atoms with Gasteiger partial charge in [0.15, 0.2) is 0 Å². The normalized spacial score (nSPS) is 15.5. The van der Waals surface area contributed by atoms with Crippen molar-refractivity contribution in [3.05, 3.63) is 91.4 Å². The van der Waals surface area contributed by atoms with Crippen molar-refractivity contribution in [2.24, 2.45) is 0 Å². The minimum atomic E-state index is 1.02. The average molecular weight is 475 g/mol. The summed E-state index contributed by atoms with van der Waals surface area (Å²) < 4.78 is 0. The molecule has 33 heavy (non-hydrogen) atoms. The Morgan fingerprint density at radius 3 is 2.03 bits per heavy atom. The maximum atomic E-state index is 2.36. The number of thiophene rings is 2. The minimum absolute atomic E-state index is 1.02. The number of aryl methyl sites for hydroxylation is 2. The lowest BCUT2D eigenvalue weighted by Gasteiger charge is -2.13. The molecule has 0 saturated carbocycles. The molecule has 2 aromatic heterocycles. The quantitative estimate of drug-likeness (QED) is 0.268. The third-order valence-corrected chi connectivity index (χ3v) is 8.76. The highest BCUT2D eigenvalue weighted by atomic mass is 32.1. The highest BCUT2D eigenvalue weighted by molar-refractivity contribution is 7.11. The van der Waals surface area contributed by atoms with Crippen molar-refractivity contribution >= 4 is 33.8 Å². The van der Waals surface area contributed by atoms with Gasteiger partial charge in [0.1, 0.15) is 0 Å². The van der Waals surface area contributed by atoms with E-state index in [4.69, 9.17) is 0 Å². The molecule has 2 heterocycles. The Kier molecular flexibility index (Phi) is 9.20. The van der Waals surface area contributed by atoms with Crippen molar-refractivity contribution in [3.63, 3.8) is 0 Å². The molecular weight excluding hydrogens is 436 g/mol. The second-order valence-electron chi connectivity index (χ2n) is 9.28. The van der Waals surface area contributed by atoms with E-state index in [-0.39, 0.29) is 0 Å². The molecule has 0 aromatic carbocycles. The Hall–Kier alpha value is -1.90. The van der Waals surface area contributed by atoms with Crippen LogP contribution in [0, 0.1) is 0 Å². The number of hydrogen-bond donors (Lipinski definition) is 0. The largest absolute Gasteiger partial charge is 0.144 e. The van der Waals surface area contributed by atoms with Gasteiger partial charge in [0, 0.05) is 9.75 Å². The molecule has 0 radical (unpaired) electrons. The van der Waals surface area contributed by atoms with Gasteiger partial charge in [0.25, 0.3) is 0 Å². The summed E-state index contributed by atoms with van der Waals surface area (Å²) in [7, 11) is 0. The lowest BCUT2D eigenvalue weighted by molar-refractivity contribution is 0.667. The van der Waals surface area contributed by atoms with Crippen molar-refractivity contribution in [2.45, 2.75) is 84.5 Å². The van der Waals surface area contributed by atoms with E-state index in [1.54, 1.807) is 0 Å². The molecule has 0 nitrogen and oxygen atoms in total. The number of allylic oxidation sites excluding steroid dienone is 10. The van der Waals surface area contributed by atoms with E-state index in [0.29, 0.717) is 0 Å². The van der Waals surface area contributed by atoms with E-state index in [9.17, 15) is 0 Å². The standard InChI is InChI=1S/C31H38S2/c1-3-5-7-9-13-24-19-21-32-30(24)28-17-11-16-27-23-26(28)15-12-18-29(27)31-25(20-22-33-31)14-10-8-6-4-2/h11-12,15-22H,3-10,13-14,23H2,1-2H3. The van der Waals surface area contributed by atoms with Gasteiger partial charge >= 0.3 is 0 Å². The van der Waals surface area contributed by atoms with Crippen molar-refractivity contribution in [3.8, 4) is 0 Å². The van der Waals surface area contributed by atoms with Gasteiger partial charge in [-0.1, -0.05) is 88.8 Å². The molecule has 0 unspecified atom stereocenters. The SMILES string of the molecule is CCCCCCc1ccsc1C1=CC=CC2=C(c3sccc3CCCCCC)C=CC=C1C2. The lowest BCUT2D eigenvalue weighted by atomic mass is 9.94. The van der Waals surface area contributed by atoms with Gasteiger partial charge in [-0.2, -0.15) is 0 Å². The molecule has 0 saturated heterocycles. The number of rotatable bonds is 12. The second-order valence-corrected chi connectivity index (χ2v) is 11.1. The minimum Gasteiger partial charge on any atom is -0.144 e. The Labute approximate surface area is 209 Å². The average Bonchev–Trinajstić information content (AvgIpc) is 3.38. The first kappa shape index (κ1) is 24.2. The van der Waals surface area contributed by atoms with Crippen LogP contribution in [0.2, 0.25) is 0 Å². The van der Waals surface area contributed by atoms with E-state index >= 15 is 0 Å². The molecule has 0 N–H and O–H groups in total. The zero-order valence-electron chi connectivity index (χ0n) is 20.4. The Morgan fingerprint density at radius 2 is 1.33 bits per heavy atom. The summed E-state index contributed by atoms with van der Waals surface area (Å²) in [5.74, 6) is 0. The van der Waals surface area contributed by atoms with Crippen LogP contribution < -0.4 is 0 Å². The predicted octanol–water partition coefficient (Wildman–Crippen LogP) is 10.3. The molecule has 0 spiro atoms. The van der Waals surface area contributed by atoms with Crippen LogP contribution in [-0.4, -0.2) is 0 Å². The summed E-state index contributed by atoms with van der Waals surface area (Å²) in [6, 6.07) is 4.71. The number of unbranched alkanes of at least 4 members (excludes halogenated alkanes) is 6. The molecule has 174 valence electrons. The van der Waals surface area contributed by atoms with Crippen LogP contribution >= 0.6 is 22.7 Å². The van der Waals surface area contributed by atoms with Gasteiger partial charge < -0.3 is 0 Å². The molecule has 0 amide bonds. The fourth-order valence-electron chi connectivity index (χ4n) is 4.89. The van der Waals surface area contributed by atoms with E-state index in [2.05, 4.69) is 73.2 Å². The zero-order chi connectivity index (χ0) is 22.9. The van der Waals surface area contributed by atoms with Gasteiger partial charge in [-0.25, -0.2) is 0 Å². The molecule has 0 fully saturated rings. The smallest absolute Gasteiger partial charge is 0.0377 e. The summed E-state index contributed by atoms with van der Waals surface area (Å²) >= 11 is 3.83. The van der Waals surface area contributed by atoms with Crippen molar-refractivity contribution < 1.29 is 0 Å². The summed E-state index contributed by atoms with van der Waals surface area (Å²) in [5.41, 5.74) is 8.84. The van der Waals surface area contributed by atoms with Gasteiger partial charge in [-0.3, -0.25) is 0 Å². The second kappa shape index (κ2) is 12.5. The number of hydrogen-bond acceptors (Lipinski definition) is 2. The summed E-state index contributed by atoms with van der Waals surface area (Å²) in [6.45, 7) is 4.57. The third kappa shape index (κ3) is 6.16. The molecule has 0 aliphatic heterocycles. The van der Waals surface area contributed by atoms with Crippen LogP contribution in [0.4, 0.5) is 0 Å². The maximum Gasteiger partial charge on any atom is 0.0377 e. The highest BCUT2D eigenvalue weighted by Crippen LogP contribution is 2.41. The van der Waals surface area contributed by atoms with Crippen LogP contribution in [0.3, 0.4) is 0 Å². The predicted molar refractivity (Wildman–Crippen MR) is 150 cm³/mol. The first-order chi connectivity index (χ1) is 16.3. The van der Waals surface area contributed by atoms with E-state index in [1.165, 1.54) is 107 Å². The first-order valence-corrected chi connectivity index (χ1v) is 14.7. The van der Waals surface area contributed by atoms with Crippen molar-refractivity contribution in [2.75, 3.05) is 0 Å². The summed E-state index contributed by atoms with van der Waals surface area (Å²) in [5, 5.41) is 4.57. The molecule has 0 atom stereocenters. The fraction of sp³-hybridized carbons (Fsp3) is 0.419. The van der Waals surface area contributed by atoms with Gasteiger partial charge in [-0.05, 0) is 88.4 Å². The molecule has 2 heteroatoms. The van der Waals surface area contributed by atoms with E-state index in [1.807, 2.05) is 22.7 Å². The van der Waals surface area contributed by atoms with Crippen molar-refractivity contribution in [1.82, 2.24) is 0 Å². The highest BCUT2D eigenvalue weighted by Gasteiger charge is 2.20. The molecular formula is C31H38S2. The molecule has 2 aromatic rings. The van der Waals surface area contributed by atoms with Crippen LogP contribution in [0.1, 0.15) is 92.5 Å². The maximum absolute atomic E-state index is 2.36. The van der Waals surface area contributed by atoms with Gasteiger partial charge in [0.2, 0.25) is 0 Å². The van der Waals surface area contributed by atoms with Gasteiger partial charge in [-0.15, -0.1) is 22.7 Å². The fourth-order valence-corrected chi connectivity index (χ4v) is 6.93. The monoisotopic (exact) mass is 474 g/mol.